The summed E-state index contributed by atoms with van der Waals surface area (Å²) in [5.41, 5.74) is 3.91. The number of nitrogens with one attached hydrogen (secondary N) is 2. The van der Waals surface area contributed by atoms with Gasteiger partial charge in [0.2, 0.25) is 0 Å². The number of hydrogen-bond donors (Lipinski definition) is 2. The molecule has 11 nitrogen and oxygen atoms in total. The van der Waals surface area contributed by atoms with E-state index in [0.717, 1.165) is 5.56 Å². The molecule has 9 rings (SSSR count). The molecule has 2 atom stereocenters. The van der Waals surface area contributed by atoms with E-state index in [1.54, 1.807) is 47.5 Å². The number of carbonyl (C=O) groups is 1. The normalized spacial score (nSPS) is 18.8. The minimum atomic E-state index is -3.13. The van der Waals surface area contributed by atoms with Crippen LogP contribution in [0.3, 0.4) is 0 Å². The van der Waals surface area contributed by atoms with Crippen molar-refractivity contribution in [3.05, 3.63) is 111 Å². The minimum absolute atomic E-state index is 0.0524. The summed E-state index contributed by atoms with van der Waals surface area (Å²) in [6, 6.07) is 13.0. The van der Waals surface area contributed by atoms with Crippen LogP contribution in [0.15, 0.2) is 70.0 Å². The Balaban J connectivity index is 1.22. The Morgan fingerprint density at radius 1 is 1.10 bits per heavy atom. The lowest BCUT2D eigenvalue weighted by molar-refractivity contribution is -0.00734. The maximum absolute atomic E-state index is 15.6. The molecule has 1 unspecified atom stereocenters. The van der Waals surface area contributed by atoms with E-state index in [1.165, 1.54) is 30.6 Å². The van der Waals surface area contributed by atoms with Crippen LogP contribution in [0.25, 0.3) is 32.0 Å². The Morgan fingerprint density at radius 3 is 2.73 bits per heavy atom. The number of pyridine rings is 2. The van der Waals surface area contributed by atoms with Crippen molar-refractivity contribution in [3.63, 3.8) is 0 Å². The first-order valence-corrected chi connectivity index (χ1v) is 17.5. The molecule has 2 aliphatic heterocycles. The van der Waals surface area contributed by atoms with Gasteiger partial charge >= 0.3 is 5.76 Å². The molecule has 0 saturated carbocycles. The van der Waals surface area contributed by atoms with E-state index in [2.05, 4.69) is 20.5 Å². The Labute approximate surface area is 297 Å². The molecule has 6 heterocycles. The van der Waals surface area contributed by atoms with Crippen molar-refractivity contribution in [3.8, 4) is 27.6 Å². The number of hydrogen-bond acceptors (Lipinski definition) is 10. The number of nitrogens with zero attached hydrogens (tertiary/aromatic N) is 4. The third-order valence-electron chi connectivity index (χ3n) is 9.93. The fourth-order valence-electron chi connectivity index (χ4n) is 7.55. The Kier molecular flexibility index (Phi) is 7.66. The summed E-state index contributed by atoms with van der Waals surface area (Å²) < 4.78 is 62.3. The second kappa shape index (κ2) is 12.3. The highest BCUT2D eigenvalue weighted by Crippen LogP contribution is 2.51. The molecule has 1 fully saturated rings. The topological polar surface area (TPSA) is 135 Å². The Hall–Kier alpha value is -5.54. The van der Waals surface area contributed by atoms with Crippen molar-refractivity contribution in [1.82, 2.24) is 25.1 Å². The van der Waals surface area contributed by atoms with E-state index in [9.17, 15) is 14.0 Å². The lowest BCUT2D eigenvalue weighted by Gasteiger charge is -2.29. The average molecular weight is 727 g/mol. The van der Waals surface area contributed by atoms with Crippen LogP contribution in [0.2, 0.25) is 0 Å². The van der Waals surface area contributed by atoms with Gasteiger partial charge in [0, 0.05) is 35.2 Å². The monoisotopic (exact) mass is 726 g/mol. The fourth-order valence-corrected chi connectivity index (χ4v) is 8.71. The van der Waals surface area contributed by atoms with Crippen LogP contribution in [-0.4, -0.2) is 63.8 Å². The number of H-pyrrole nitrogens is 1. The maximum Gasteiger partial charge on any atom is 0.434 e. The van der Waals surface area contributed by atoms with Gasteiger partial charge < -0.3 is 24.1 Å². The van der Waals surface area contributed by atoms with Crippen molar-refractivity contribution in [2.75, 3.05) is 32.2 Å². The number of morpholine rings is 1. The number of anilines is 1. The van der Waals surface area contributed by atoms with Gasteiger partial charge in [0.1, 0.15) is 23.4 Å². The first-order valence-electron chi connectivity index (χ1n) is 16.6. The molecule has 4 aromatic heterocycles. The predicted molar refractivity (Wildman–Crippen MR) is 185 cm³/mol. The standard InChI is InChI=1S/C37H29F3N6O5S/c1-49-25-4-2-3-21-22(25)16-37(39,40)32(21)43-33-31-19(11-12-41-33)15-26(52-31)28-27(34-44-45-36(48)51-34)23(10-7-18-5-8-20(38)9-6-18)42-30-24-17-50-14-13-46(24)35(47)29(28)30/h2-6,8-9,11-12,15,24,32H,7,10,13-14,16-17H2,1H3,(H,41,43)(H,45,48)/t24-,32?/m0/s1. The summed E-state index contributed by atoms with van der Waals surface area (Å²) in [4.78, 5) is 38.5. The summed E-state index contributed by atoms with van der Waals surface area (Å²) in [6.45, 7) is 0.990. The third kappa shape index (κ3) is 5.25. The number of thiophene rings is 1. The number of aromatic nitrogens is 4. The minimum Gasteiger partial charge on any atom is -0.496 e. The number of methoxy groups -OCH3 is 1. The van der Waals surface area contributed by atoms with Gasteiger partial charge in [0.05, 0.1) is 53.6 Å². The number of aromatic amines is 1. The van der Waals surface area contributed by atoms with E-state index < -0.39 is 30.2 Å². The van der Waals surface area contributed by atoms with Crippen LogP contribution in [-0.2, 0) is 24.0 Å². The molecule has 2 N–H and O–H groups in total. The van der Waals surface area contributed by atoms with Crippen LogP contribution >= 0.6 is 11.3 Å². The van der Waals surface area contributed by atoms with Gasteiger partial charge in [-0.25, -0.2) is 28.0 Å². The largest absolute Gasteiger partial charge is 0.496 e. The zero-order valence-corrected chi connectivity index (χ0v) is 28.4. The van der Waals surface area contributed by atoms with Gasteiger partial charge in [-0.1, -0.05) is 24.3 Å². The number of aryl methyl sites for hydroxylation is 2. The molecule has 3 aliphatic rings. The molecule has 52 heavy (non-hydrogen) atoms. The highest BCUT2D eigenvalue weighted by Gasteiger charge is 2.49. The quantitative estimate of drug-likeness (QED) is 0.180. The summed E-state index contributed by atoms with van der Waals surface area (Å²) >= 11 is 1.27. The fraction of sp³-hybridized carbons (Fsp3) is 0.270. The molecular weight excluding hydrogens is 698 g/mol. The van der Waals surface area contributed by atoms with E-state index in [0.29, 0.717) is 85.9 Å². The number of carbonyl (C=O) groups excluding carboxylic acids is 1. The zero-order chi connectivity index (χ0) is 35.7. The first-order chi connectivity index (χ1) is 25.2. The highest BCUT2D eigenvalue weighted by atomic mass is 32.1. The van der Waals surface area contributed by atoms with E-state index >= 15 is 8.78 Å². The average Bonchev–Trinajstić information content (AvgIpc) is 3.90. The molecule has 264 valence electrons. The molecule has 15 heteroatoms. The number of ether oxygens (including phenoxy) is 2. The second-order valence-electron chi connectivity index (χ2n) is 12.9. The summed E-state index contributed by atoms with van der Waals surface area (Å²) in [6.07, 6.45) is 1.85. The molecule has 1 amide bonds. The van der Waals surface area contributed by atoms with Gasteiger partial charge in [0.25, 0.3) is 17.7 Å². The van der Waals surface area contributed by atoms with Gasteiger partial charge in [0.15, 0.2) is 0 Å². The Morgan fingerprint density at radius 2 is 1.94 bits per heavy atom. The first kappa shape index (κ1) is 32.4. The smallest absolute Gasteiger partial charge is 0.434 e. The van der Waals surface area contributed by atoms with Crippen LogP contribution in [0, 0.1) is 5.82 Å². The van der Waals surface area contributed by atoms with Gasteiger partial charge in [-0.3, -0.25) is 9.78 Å². The third-order valence-corrected chi connectivity index (χ3v) is 11.1. The number of benzene rings is 2. The van der Waals surface area contributed by atoms with Gasteiger partial charge in [-0.05, 0) is 59.7 Å². The van der Waals surface area contributed by atoms with E-state index in [1.807, 2.05) is 6.07 Å². The molecule has 0 radical (unpaired) electrons. The Bertz CT molecular complexity index is 2450. The van der Waals surface area contributed by atoms with Crippen LogP contribution in [0.5, 0.6) is 5.75 Å². The number of halogens is 3. The van der Waals surface area contributed by atoms with E-state index in [4.69, 9.17) is 18.9 Å². The maximum atomic E-state index is 15.6. The summed E-state index contributed by atoms with van der Waals surface area (Å²) in [5, 5.41) is 10.2. The molecule has 2 aromatic carbocycles. The lowest BCUT2D eigenvalue weighted by Crippen LogP contribution is -2.38. The van der Waals surface area contributed by atoms with Gasteiger partial charge in [-0.2, -0.15) is 0 Å². The molecule has 0 spiro atoms. The van der Waals surface area contributed by atoms with E-state index in [-0.39, 0.29) is 30.0 Å². The number of rotatable bonds is 8. The molecular formula is C37H29F3N6O5S. The summed E-state index contributed by atoms with van der Waals surface area (Å²) in [5.74, 6) is -3.92. The highest BCUT2D eigenvalue weighted by molar-refractivity contribution is 7.23. The molecule has 1 aliphatic carbocycles. The number of alkyl halides is 2. The molecule has 6 aromatic rings. The van der Waals surface area contributed by atoms with Crippen LogP contribution in [0.1, 0.15) is 50.5 Å². The lowest BCUT2D eigenvalue weighted by atomic mass is 9.93. The zero-order valence-electron chi connectivity index (χ0n) is 27.5. The number of amides is 1. The summed E-state index contributed by atoms with van der Waals surface area (Å²) in [7, 11) is 1.46. The van der Waals surface area contributed by atoms with Crippen molar-refractivity contribution >= 4 is 33.1 Å². The van der Waals surface area contributed by atoms with Crippen LogP contribution in [0.4, 0.5) is 19.0 Å². The van der Waals surface area contributed by atoms with Crippen molar-refractivity contribution in [1.29, 1.82) is 0 Å². The second-order valence-corrected chi connectivity index (χ2v) is 14.0. The number of fused-ring (bicyclic) bond motifs is 5. The van der Waals surface area contributed by atoms with Crippen LogP contribution < -0.4 is 15.8 Å². The molecule has 0 bridgehead atoms. The molecule has 1 saturated heterocycles. The van der Waals surface area contributed by atoms with Gasteiger partial charge in [-0.15, -0.1) is 16.4 Å². The predicted octanol–water partition coefficient (Wildman–Crippen LogP) is 6.51. The van der Waals surface area contributed by atoms with Crippen molar-refractivity contribution < 1.29 is 31.9 Å². The van der Waals surface area contributed by atoms with Crippen molar-refractivity contribution in [2.24, 2.45) is 0 Å². The van der Waals surface area contributed by atoms with Crippen molar-refractivity contribution in [2.45, 2.75) is 37.3 Å². The SMILES string of the molecule is COc1cccc2c1CC(F)(F)C2Nc1nccc2cc(-c3c4c(nc(CCc5ccc(F)cc5)c3-c3n[nH]c(=O)o3)[C@@H]3COCCN3C4=O)sc12.